The number of anilines is 1. The molecule has 0 atom stereocenters. The monoisotopic (exact) mass is 341 g/mol. The van der Waals surface area contributed by atoms with Gasteiger partial charge < -0.3 is 14.5 Å². The second-order valence-electron chi connectivity index (χ2n) is 5.41. The van der Waals surface area contributed by atoms with E-state index in [0.29, 0.717) is 18.1 Å². The highest BCUT2D eigenvalue weighted by Gasteiger charge is 2.09. The average Bonchev–Trinajstić information content (AvgIpc) is 3.29. The minimum absolute atomic E-state index is 0.360. The minimum atomic E-state index is -0.360. The predicted octanol–water partition coefficient (Wildman–Crippen LogP) is 2.74. The van der Waals surface area contributed by atoms with E-state index in [0.717, 1.165) is 30.0 Å². The molecule has 1 aromatic carbocycles. The highest BCUT2D eigenvalue weighted by Crippen LogP contribution is 2.23. The summed E-state index contributed by atoms with van der Waals surface area (Å²) in [6, 6.07) is 10.8. The number of carbonyl (C=O) groups is 1. The number of benzene rings is 1. The lowest BCUT2D eigenvalue weighted by Crippen LogP contribution is -2.08. The van der Waals surface area contributed by atoms with E-state index < -0.39 is 0 Å². The van der Waals surface area contributed by atoms with Gasteiger partial charge in [0.2, 0.25) is 5.95 Å². The molecule has 0 fully saturated rings. The van der Waals surface area contributed by atoms with Crippen molar-refractivity contribution in [2.24, 2.45) is 0 Å². The van der Waals surface area contributed by atoms with Crippen molar-refractivity contribution >= 4 is 11.9 Å². The zero-order chi connectivity index (χ0) is 17.6. The van der Waals surface area contributed by atoms with Crippen molar-refractivity contribution < 1.29 is 13.9 Å². The van der Waals surface area contributed by atoms with Crippen LogP contribution in [-0.4, -0.2) is 33.3 Å². The maximum atomic E-state index is 11.5. The first-order valence-electron chi connectivity index (χ1n) is 7.98. The minimum Gasteiger partial charge on any atom is -0.465 e. The van der Waals surface area contributed by atoms with Gasteiger partial charge in [0.25, 0.3) is 0 Å². The van der Waals surface area contributed by atoms with E-state index in [4.69, 9.17) is 9.15 Å². The Morgan fingerprint density at radius 1 is 1.24 bits per heavy atom. The normalized spacial score (nSPS) is 10.6. The molecule has 8 heteroatoms. The van der Waals surface area contributed by atoms with Crippen LogP contribution in [0.15, 0.2) is 40.8 Å². The van der Waals surface area contributed by atoms with Crippen LogP contribution in [-0.2, 0) is 17.8 Å². The lowest BCUT2D eigenvalue weighted by atomic mass is 10.1. The van der Waals surface area contributed by atoms with E-state index >= 15 is 0 Å². The summed E-state index contributed by atoms with van der Waals surface area (Å²) in [6.07, 6.45) is 0.951. The predicted molar refractivity (Wildman–Crippen MR) is 90.9 cm³/mol. The summed E-state index contributed by atoms with van der Waals surface area (Å²) in [5, 5.41) is 14.7. The zero-order valence-electron chi connectivity index (χ0n) is 14.1. The largest absolute Gasteiger partial charge is 0.465 e. The van der Waals surface area contributed by atoms with Crippen LogP contribution in [0.3, 0.4) is 0 Å². The lowest BCUT2D eigenvalue weighted by molar-refractivity contribution is 0.0600. The zero-order valence-corrected chi connectivity index (χ0v) is 14.1. The first-order chi connectivity index (χ1) is 12.2. The molecular weight excluding hydrogens is 322 g/mol. The summed E-state index contributed by atoms with van der Waals surface area (Å²) in [6.45, 7) is 3.30. The van der Waals surface area contributed by atoms with E-state index in [-0.39, 0.29) is 5.97 Å². The molecule has 0 saturated heterocycles. The molecule has 0 spiro atoms. The summed E-state index contributed by atoms with van der Waals surface area (Å²) in [5.41, 5.74) is 1.39. The molecule has 0 unspecified atom stereocenters. The Hall–Kier alpha value is -3.16. The number of nitrogens with one attached hydrogen (secondary N) is 1. The van der Waals surface area contributed by atoms with Gasteiger partial charge in [-0.15, -0.1) is 0 Å². The van der Waals surface area contributed by atoms with E-state index in [1.807, 2.05) is 24.3 Å². The molecule has 0 bridgehead atoms. The number of ether oxygens (including phenoxy) is 1. The standard InChI is InChI=1S/C17H19N5O3/c1-3-10-22-17(19-20-21-22)18-11-14-8-9-15(25-14)12-4-6-13(7-5-12)16(23)24-2/h4-9H,3,10-11H2,1-2H3,(H,18,19,21). The Bertz CT molecular complexity index is 838. The molecule has 3 rings (SSSR count). The quantitative estimate of drug-likeness (QED) is 0.660. The number of nitrogens with zero attached hydrogens (tertiary/aromatic N) is 4. The van der Waals surface area contributed by atoms with Crippen molar-refractivity contribution in [3.05, 3.63) is 47.7 Å². The van der Waals surface area contributed by atoms with Gasteiger partial charge in [-0.1, -0.05) is 24.2 Å². The van der Waals surface area contributed by atoms with Crippen molar-refractivity contribution in [2.45, 2.75) is 26.4 Å². The molecule has 2 aromatic heterocycles. The van der Waals surface area contributed by atoms with E-state index in [9.17, 15) is 4.79 Å². The topological polar surface area (TPSA) is 95.1 Å². The van der Waals surface area contributed by atoms with Gasteiger partial charge >= 0.3 is 5.97 Å². The summed E-state index contributed by atoms with van der Waals surface area (Å²) in [4.78, 5) is 11.5. The first kappa shape index (κ1) is 16.7. The number of furan rings is 1. The number of hydrogen-bond acceptors (Lipinski definition) is 7. The molecule has 25 heavy (non-hydrogen) atoms. The van der Waals surface area contributed by atoms with Crippen molar-refractivity contribution in [1.29, 1.82) is 0 Å². The number of aryl methyl sites for hydroxylation is 1. The summed E-state index contributed by atoms with van der Waals surface area (Å²) >= 11 is 0. The van der Waals surface area contributed by atoms with Gasteiger partial charge in [0, 0.05) is 12.1 Å². The second kappa shape index (κ2) is 7.61. The molecule has 1 N–H and O–H groups in total. The number of tetrazole rings is 1. The molecule has 0 aliphatic carbocycles. The van der Waals surface area contributed by atoms with Crippen LogP contribution in [0.2, 0.25) is 0 Å². The fourth-order valence-electron chi connectivity index (χ4n) is 2.38. The second-order valence-corrected chi connectivity index (χ2v) is 5.41. The van der Waals surface area contributed by atoms with Crippen LogP contribution >= 0.6 is 0 Å². The number of carbonyl (C=O) groups excluding carboxylic acids is 1. The van der Waals surface area contributed by atoms with Crippen molar-refractivity contribution in [2.75, 3.05) is 12.4 Å². The van der Waals surface area contributed by atoms with Gasteiger partial charge in [-0.3, -0.25) is 0 Å². The molecule has 0 saturated carbocycles. The van der Waals surface area contributed by atoms with Gasteiger partial charge in [0.1, 0.15) is 11.5 Å². The highest BCUT2D eigenvalue weighted by atomic mass is 16.5. The third kappa shape index (κ3) is 3.85. The van der Waals surface area contributed by atoms with E-state index in [1.165, 1.54) is 7.11 Å². The van der Waals surface area contributed by atoms with E-state index in [2.05, 4.69) is 27.8 Å². The van der Waals surface area contributed by atoms with Crippen LogP contribution in [0.5, 0.6) is 0 Å². The Balaban J connectivity index is 1.66. The van der Waals surface area contributed by atoms with Crippen molar-refractivity contribution in [3.8, 4) is 11.3 Å². The summed E-state index contributed by atoms with van der Waals surface area (Å²) in [7, 11) is 1.36. The van der Waals surface area contributed by atoms with Crippen LogP contribution in [0, 0.1) is 0 Å². The Morgan fingerprint density at radius 2 is 2.04 bits per heavy atom. The Morgan fingerprint density at radius 3 is 2.76 bits per heavy atom. The van der Waals surface area contributed by atoms with Crippen molar-refractivity contribution in [1.82, 2.24) is 20.2 Å². The van der Waals surface area contributed by atoms with Gasteiger partial charge in [-0.25, -0.2) is 9.48 Å². The van der Waals surface area contributed by atoms with Crippen LogP contribution < -0.4 is 5.32 Å². The average molecular weight is 341 g/mol. The molecular formula is C17H19N5O3. The number of rotatable bonds is 7. The smallest absolute Gasteiger partial charge is 0.337 e. The van der Waals surface area contributed by atoms with Crippen molar-refractivity contribution in [3.63, 3.8) is 0 Å². The molecule has 0 aliphatic heterocycles. The number of hydrogen-bond donors (Lipinski definition) is 1. The maximum absolute atomic E-state index is 11.5. The molecule has 8 nitrogen and oxygen atoms in total. The number of esters is 1. The van der Waals surface area contributed by atoms with Gasteiger partial charge in [-0.05, 0) is 41.1 Å². The first-order valence-corrected chi connectivity index (χ1v) is 7.98. The maximum Gasteiger partial charge on any atom is 0.337 e. The molecule has 2 heterocycles. The van der Waals surface area contributed by atoms with Gasteiger partial charge in [-0.2, -0.15) is 0 Å². The lowest BCUT2D eigenvalue weighted by Gasteiger charge is -2.04. The molecule has 0 aliphatic rings. The Labute approximate surface area is 144 Å². The van der Waals surface area contributed by atoms with Gasteiger partial charge in [0.15, 0.2) is 0 Å². The fourth-order valence-corrected chi connectivity index (χ4v) is 2.38. The number of methoxy groups -OCH3 is 1. The molecule has 3 aromatic rings. The van der Waals surface area contributed by atoms with Crippen LogP contribution in [0.25, 0.3) is 11.3 Å². The molecule has 0 radical (unpaired) electrons. The van der Waals surface area contributed by atoms with Gasteiger partial charge in [0.05, 0.1) is 19.2 Å². The fraction of sp³-hybridized carbons (Fsp3) is 0.294. The molecule has 130 valence electrons. The third-order valence-electron chi connectivity index (χ3n) is 3.64. The summed E-state index contributed by atoms with van der Waals surface area (Å²) in [5.74, 6) is 1.74. The molecule has 0 amide bonds. The SMILES string of the molecule is CCCn1nnnc1NCc1ccc(-c2ccc(C(=O)OC)cc2)o1. The third-order valence-corrected chi connectivity index (χ3v) is 3.64. The Kier molecular flexibility index (Phi) is 5.08. The van der Waals surface area contributed by atoms with Crippen LogP contribution in [0.4, 0.5) is 5.95 Å². The van der Waals surface area contributed by atoms with Crippen LogP contribution in [0.1, 0.15) is 29.5 Å². The highest BCUT2D eigenvalue weighted by molar-refractivity contribution is 5.89. The van der Waals surface area contributed by atoms with E-state index in [1.54, 1.807) is 16.8 Å². The summed E-state index contributed by atoms with van der Waals surface area (Å²) < 4.78 is 12.2. The number of aromatic nitrogens is 4.